The summed E-state index contributed by atoms with van der Waals surface area (Å²) in [5.41, 5.74) is 4.23. The van der Waals surface area contributed by atoms with E-state index in [0.29, 0.717) is 23.8 Å². The van der Waals surface area contributed by atoms with E-state index in [1.807, 2.05) is 60.7 Å². The number of anilines is 2. The molecule has 0 spiro atoms. The van der Waals surface area contributed by atoms with Crippen LogP contribution in [0.4, 0.5) is 11.5 Å². The van der Waals surface area contributed by atoms with E-state index in [0.717, 1.165) is 22.2 Å². The normalized spacial score (nSPS) is 10.7. The minimum Gasteiger partial charge on any atom is -0.462 e. The third kappa shape index (κ3) is 4.09. The molecule has 29 heavy (non-hydrogen) atoms. The predicted molar refractivity (Wildman–Crippen MR) is 115 cm³/mol. The summed E-state index contributed by atoms with van der Waals surface area (Å²) < 4.78 is 5.10. The topological polar surface area (TPSA) is 64.1 Å². The van der Waals surface area contributed by atoms with Crippen LogP contribution in [0.5, 0.6) is 0 Å². The maximum Gasteiger partial charge on any atom is 0.338 e. The number of aryl methyl sites for hydroxylation is 1. The fourth-order valence-corrected chi connectivity index (χ4v) is 3.08. The van der Waals surface area contributed by atoms with Crippen molar-refractivity contribution in [1.82, 2.24) is 9.97 Å². The number of hydrogen-bond donors (Lipinski definition) is 1. The van der Waals surface area contributed by atoms with Gasteiger partial charge in [0.2, 0.25) is 0 Å². The van der Waals surface area contributed by atoms with Gasteiger partial charge in [-0.05, 0) is 44.2 Å². The number of nitrogens with zero attached hydrogens (tertiary/aromatic N) is 2. The highest BCUT2D eigenvalue weighted by Gasteiger charge is 2.11. The Kier molecular flexibility index (Phi) is 5.20. The van der Waals surface area contributed by atoms with Gasteiger partial charge in [-0.2, -0.15) is 0 Å². The third-order valence-electron chi connectivity index (χ3n) is 4.55. The minimum atomic E-state index is -0.343. The van der Waals surface area contributed by atoms with E-state index in [4.69, 9.17) is 14.7 Å². The average Bonchev–Trinajstić information content (AvgIpc) is 2.74. The number of para-hydroxylation sites is 1. The zero-order valence-electron chi connectivity index (χ0n) is 16.3. The van der Waals surface area contributed by atoms with Crippen molar-refractivity contribution in [3.63, 3.8) is 0 Å². The van der Waals surface area contributed by atoms with E-state index in [1.165, 1.54) is 5.56 Å². The van der Waals surface area contributed by atoms with Crippen molar-refractivity contribution >= 4 is 28.4 Å². The number of carbonyl (C=O) groups is 1. The van der Waals surface area contributed by atoms with Crippen molar-refractivity contribution < 1.29 is 9.53 Å². The van der Waals surface area contributed by atoms with Gasteiger partial charge in [-0.3, -0.25) is 0 Å². The summed E-state index contributed by atoms with van der Waals surface area (Å²) in [4.78, 5) is 21.5. The monoisotopic (exact) mass is 383 g/mol. The van der Waals surface area contributed by atoms with Crippen LogP contribution in [0.1, 0.15) is 22.8 Å². The smallest absolute Gasteiger partial charge is 0.338 e. The minimum absolute atomic E-state index is 0.340. The third-order valence-corrected chi connectivity index (χ3v) is 4.55. The molecule has 0 fully saturated rings. The number of fused-ring (bicyclic) bond motifs is 1. The molecule has 3 aromatic carbocycles. The molecule has 0 aliphatic heterocycles. The largest absolute Gasteiger partial charge is 0.462 e. The first-order valence-electron chi connectivity index (χ1n) is 9.52. The maximum atomic E-state index is 12.1. The summed E-state index contributed by atoms with van der Waals surface area (Å²) in [6.45, 7) is 4.18. The van der Waals surface area contributed by atoms with Crippen LogP contribution < -0.4 is 5.32 Å². The van der Waals surface area contributed by atoms with Crippen LogP contribution in [0.25, 0.3) is 22.3 Å². The van der Waals surface area contributed by atoms with Crippen molar-refractivity contribution in [2.24, 2.45) is 0 Å². The van der Waals surface area contributed by atoms with E-state index in [1.54, 1.807) is 19.1 Å². The van der Waals surface area contributed by atoms with Gasteiger partial charge in [0.05, 0.1) is 17.7 Å². The molecule has 144 valence electrons. The molecule has 0 unspecified atom stereocenters. The zero-order chi connectivity index (χ0) is 20.2. The number of rotatable bonds is 5. The molecule has 0 aliphatic rings. The maximum absolute atomic E-state index is 12.1. The van der Waals surface area contributed by atoms with Crippen molar-refractivity contribution in [3.8, 4) is 11.4 Å². The van der Waals surface area contributed by atoms with Gasteiger partial charge in [-0.1, -0.05) is 48.0 Å². The quantitative estimate of drug-likeness (QED) is 0.459. The molecule has 5 nitrogen and oxygen atoms in total. The van der Waals surface area contributed by atoms with Gasteiger partial charge in [0.25, 0.3) is 0 Å². The molecule has 0 aliphatic carbocycles. The highest BCUT2D eigenvalue weighted by Crippen LogP contribution is 2.27. The molecule has 4 rings (SSSR count). The van der Waals surface area contributed by atoms with Crippen LogP contribution in [0.2, 0.25) is 0 Å². The van der Waals surface area contributed by atoms with Crippen LogP contribution in [0.3, 0.4) is 0 Å². The summed E-state index contributed by atoms with van der Waals surface area (Å²) in [7, 11) is 0. The van der Waals surface area contributed by atoms with Crippen molar-refractivity contribution in [2.45, 2.75) is 13.8 Å². The Labute approximate surface area is 169 Å². The molecule has 5 heteroatoms. The Morgan fingerprint density at radius 3 is 2.55 bits per heavy atom. The van der Waals surface area contributed by atoms with E-state index >= 15 is 0 Å². The summed E-state index contributed by atoms with van der Waals surface area (Å²) in [6.07, 6.45) is 0. The Bertz CT molecular complexity index is 1170. The van der Waals surface area contributed by atoms with Crippen LogP contribution >= 0.6 is 0 Å². The summed E-state index contributed by atoms with van der Waals surface area (Å²) in [5, 5.41) is 4.25. The molecule has 0 saturated carbocycles. The SMILES string of the molecule is CCOC(=O)c1cccc(Nc2nc(-c3ccc(C)cc3)nc3ccccc23)c1. The van der Waals surface area contributed by atoms with E-state index in [-0.39, 0.29) is 5.97 Å². The molecule has 1 aromatic heterocycles. The molecule has 1 heterocycles. The number of carbonyl (C=O) groups excluding carboxylic acids is 1. The van der Waals surface area contributed by atoms with Gasteiger partial charge in [-0.15, -0.1) is 0 Å². The van der Waals surface area contributed by atoms with Gasteiger partial charge in [-0.25, -0.2) is 14.8 Å². The van der Waals surface area contributed by atoms with E-state index < -0.39 is 0 Å². The van der Waals surface area contributed by atoms with Crippen molar-refractivity contribution in [2.75, 3.05) is 11.9 Å². The summed E-state index contributed by atoms with van der Waals surface area (Å²) >= 11 is 0. The van der Waals surface area contributed by atoms with Crippen molar-refractivity contribution in [1.29, 1.82) is 0 Å². The predicted octanol–water partition coefficient (Wildman–Crippen LogP) is 5.53. The first-order valence-corrected chi connectivity index (χ1v) is 9.52. The summed E-state index contributed by atoms with van der Waals surface area (Å²) in [5.74, 6) is 0.990. The number of hydrogen-bond acceptors (Lipinski definition) is 5. The lowest BCUT2D eigenvalue weighted by Gasteiger charge is -2.12. The molecule has 0 amide bonds. The standard InChI is InChI=1S/C24H21N3O2/c1-3-29-24(28)18-7-6-8-19(15-18)25-23-20-9-4-5-10-21(20)26-22(27-23)17-13-11-16(2)12-14-17/h4-15H,3H2,1-2H3,(H,25,26,27). The molecular weight excluding hydrogens is 362 g/mol. The molecule has 0 saturated heterocycles. The fourth-order valence-electron chi connectivity index (χ4n) is 3.08. The van der Waals surface area contributed by atoms with Gasteiger partial charge in [0.1, 0.15) is 5.82 Å². The van der Waals surface area contributed by atoms with Crippen LogP contribution in [0, 0.1) is 6.92 Å². The van der Waals surface area contributed by atoms with E-state index in [2.05, 4.69) is 12.2 Å². The summed E-state index contributed by atoms with van der Waals surface area (Å²) in [6, 6.07) is 23.2. The van der Waals surface area contributed by atoms with E-state index in [9.17, 15) is 4.79 Å². The molecule has 0 radical (unpaired) electrons. The Balaban J connectivity index is 1.76. The molecule has 0 atom stereocenters. The number of nitrogens with one attached hydrogen (secondary N) is 1. The van der Waals surface area contributed by atoms with Crippen LogP contribution in [-0.4, -0.2) is 22.5 Å². The van der Waals surface area contributed by atoms with Gasteiger partial charge >= 0.3 is 5.97 Å². The van der Waals surface area contributed by atoms with Gasteiger partial charge in [0, 0.05) is 16.6 Å². The molecule has 0 bridgehead atoms. The number of benzene rings is 3. The number of ether oxygens (including phenoxy) is 1. The number of esters is 1. The second-order valence-electron chi connectivity index (χ2n) is 6.71. The lowest BCUT2D eigenvalue weighted by molar-refractivity contribution is 0.0526. The Hall–Kier alpha value is -3.73. The second kappa shape index (κ2) is 8.10. The molecular formula is C24H21N3O2. The highest BCUT2D eigenvalue weighted by molar-refractivity contribution is 5.94. The molecule has 1 N–H and O–H groups in total. The van der Waals surface area contributed by atoms with Crippen LogP contribution in [-0.2, 0) is 4.74 Å². The van der Waals surface area contributed by atoms with Gasteiger partial charge in [0.15, 0.2) is 5.82 Å². The fraction of sp³-hybridized carbons (Fsp3) is 0.125. The lowest BCUT2D eigenvalue weighted by atomic mass is 10.1. The highest BCUT2D eigenvalue weighted by atomic mass is 16.5. The van der Waals surface area contributed by atoms with Gasteiger partial charge < -0.3 is 10.1 Å². The first-order chi connectivity index (χ1) is 14.1. The zero-order valence-corrected chi connectivity index (χ0v) is 16.3. The van der Waals surface area contributed by atoms with Crippen molar-refractivity contribution in [3.05, 3.63) is 83.9 Å². The van der Waals surface area contributed by atoms with Crippen LogP contribution in [0.15, 0.2) is 72.8 Å². The second-order valence-corrected chi connectivity index (χ2v) is 6.71. The Morgan fingerprint density at radius 1 is 0.966 bits per heavy atom. The average molecular weight is 383 g/mol. The number of aromatic nitrogens is 2. The first kappa shape index (κ1) is 18.6. The molecule has 4 aromatic rings. The Morgan fingerprint density at radius 2 is 1.76 bits per heavy atom. The lowest BCUT2D eigenvalue weighted by Crippen LogP contribution is -2.05.